The van der Waals surface area contributed by atoms with Gasteiger partial charge in [-0.2, -0.15) is 0 Å². The van der Waals surface area contributed by atoms with E-state index in [1.54, 1.807) is 0 Å². The quantitative estimate of drug-likeness (QED) is 0.127. The summed E-state index contributed by atoms with van der Waals surface area (Å²) in [6.07, 6.45) is -6.93. The van der Waals surface area contributed by atoms with Crippen molar-refractivity contribution in [2.45, 2.75) is 145 Å². The van der Waals surface area contributed by atoms with Crippen LogP contribution < -0.4 is 0 Å². The molecule has 0 aromatic carbocycles. The molecule has 0 radical (unpaired) electrons. The maximum absolute atomic E-state index is 12.5. The predicted octanol–water partition coefficient (Wildman–Crippen LogP) is -0.683. The van der Waals surface area contributed by atoms with Crippen LogP contribution in [-0.2, 0) is 28.5 Å². The Hall–Kier alpha value is -1.53. The molecule has 16 atom stereocenters. The van der Waals surface area contributed by atoms with Crippen LogP contribution >= 0.6 is 0 Å². The minimum atomic E-state index is -1.76. The minimum Gasteiger partial charge on any atom is -0.461 e. The van der Waals surface area contributed by atoms with Gasteiger partial charge in [0.1, 0.15) is 55.4 Å². The molecular weight excluding hydrogens is 644 g/mol. The van der Waals surface area contributed by atoms with Gasteiger partial charge in [0.15, 0.2) is 12.6 Å². The maximum atomic E-state index is 12.5. The Morgan fingerprint density at radius 3 is 2.20 bits per heavy atom. The molecule has 3 heterocycles. The number of esters is 1. The first-order valence-corrected chi connectivity index (χ1v) is 17.8. The van der Waals surface area contributed by atoms with Crippen molar-refractivity contribution in [2.24, 2.45) is 22.7 Å². The van der Waals surface area contributed by atoms with Gasteiger partial charge in [0.05, 0.1) is 31.3 Å². The maximum Gasteiger partial charge on any atom is 0.310 e. The second-order valence-corrected chi connectivity index (χ2v) is 15.8. The van der Waals surface area contributed by atoms with E-state index in [0.717, 1.165) is 37.7 Å². The molecular formula is C35H52O14. The standard InChI is InChI=1S/C35H52O14/c1-33-8-5-18(46-32-29(43)30(26(40)23(14-37)48-32)49-31-28(42)27(41)25(39)22(13-36)47-31)12-17(33)3-4-21-20(33)6-9-34(2)19(7-10-35(21,34)44)16-11-24(38)45-15-16/h3,18,20-23,25-32,36-37,39-44H,4-15H2,1-2H3/b19-16-/t18-,20+,21-,22+,23+,25-,26-,27-,28-,29-,30-,31-,32+,33-,34+,35+/m1/s1. The fourth-order valence-corrected chi connectivity index (χ4v) is 10.6. The van der Waals surface area contributed by atoms with Gasteiger partial charge in [0, 0.05) is 5.41 Å². The Balaban J connectivity index is 1.05. The van der Waals surface area contributed by atoms with Crippen molar-refractivity contribution in [3.05, 3.63) is 22.8 Å². The summed E-state index contributed by atoms with van der Waals surface area (Å²) in [5.74, 6) is 0.140. The smallest absolute Gasteiger partial charge is 0.310 e. The number of carbonyl (C=O) groups excluding carboxylic acids is 1. The average Bonchev–Trinajstić information content (AvgIpc) is 3.63. The number of ether oxygens (including phenoxy) is 5. The monoisotopic (exact) mass is 696 g/mol. The SMILES string of the molecule is C[C@@]12CC[C@H]3[C@@H](CC=C4C[C@H](O[C@H]5O[C@@H](CO)[C@@H](O)[C@@H](O[C@H]6O[C@@H](CO)[C@@H](O)[C@@H](O)[C@H]6O)[C@H]5O)CC[C@]43C)[C@@]1(O)CC/C2=C1/COC(=O)C1. The van der Waals surface area contributed by atoms with Crippen molar-refractivity contribution in [2.75, 3.05) is 19.8 Å². The third kappa shape index (κ3) is 5.66. The van der Waals surface area contributed by atoms with Crippen LogP contribution in [0.1, 0.15) is 71.6 Å². The largest absolute Gasteiger partial charge is 0.461 e. The number of aliphatic hydroxyl groups excluding tert-OH is 7. The van der Waals surface area contributed by atoms with Crippen molar-refractivity contribution in [3.8, 4) is 0 Å². The second kappa shape index (κ2) is 13.2. The van der Waals surface area contributed by atoms with Crippen molar-refractivity contribution < 1.29 is 69.3 Å². The lowest BCUT2D eigenvalue weighted by Crippen LogP contribution is -2.65. The van der Waals surface area contributed by atoms with Gasteiger partial charge in [-0.25, -0.2) is 0 Å². The highest BCUT2D eigenvalue weighted by molar-refractivity contribution is 5.76. The van der Waals surface area contributed by atoms with Gasteiger partial charge in [-0.1, -0.05) is 31.1 Å². The van der Waals surface area contributed by atoms with Gasteiger partial charge in [-0.05, 0) is 74.2 Å². The molecule has 14 heteroatoms. The summed E-state index contributed by atoms with van der Waals surface area (Å²) in [6, 6.07) is 0. The lowest BCUT2D eigenvalue weighted by Gasteiger charge is -2.60. The molecule has 7 rings (SSSR count). The number of allylic oxidation sites excluding steroid dienone is 1. The van der Waals surface area contributed by atoms with Crippen LogP contribution in [0.25, 0.3) is 0 Å². The van der Waals surface area contributed by atoms with Crippen molar-refractivity contribution in [1.82, 2.24) is 0 Å². The molecule has 0 aromatic rings. The Morgan fingerprint density at radius 2 is 1.53 bits per heavy atom. The lowest BCUT2D eigenvalue weighted by molar-refractivity contribution is -0.364. The van der Waals surface area contributed by atoms with Crippen LogP contribution in [0.4, 0.5) is 0 Å². The summed E-state index contributed by atoms with van der Waals surface area (Å²) in [5.41, 5.74) is 2.06. The molecule has 276 valence electrons. The first-order valence-electron chi connectivity index (χ1n) is 17.8. The van der Waals surface area contributed by atoms with Gasteiger partial charge >= 0.3 is 5.97 Å². The molecule has 0 amide bonds. The summed E-state index contributed by atoms with van der Waals surface area (Å²) in [5, 5.41) is 85.0. The molecule has 0 aromatic heterocycles. The first kappa shape index (κ1) is 35.9. The molecule has 49 heavy (non-hydrogen) atoms. The lowest BCUT2D eigenvalue weighted by atomic mass is 9.46. The first-order chi connectivity index (χ1) is 23.3. The van der Waals surface area contributed by atoms with Crippen LogP contribution in [0.5, 0.6) is 0 Å². The van der Waals surface area contributed by atoms with Gasteiger partial charge in [-0.15, -0.1) is 0 Å². The summed E-state index contributed by atoms with van der Waals surface area (Å²) >= 11 is 0. The summed E-state index contributed by atoms with van der Waals surface area (Å²) in [7, 11) is 0. The topological polar surface area (TPSA) is 225 Å². The fourth-order valence-electron chi connectivity index (χ4n) is 10.6. The Labute approximate surface area is 285 Å². The van der Waals surface area contributed by atoms with Crippen molar-refractivity contribution in [3.63, 3.8) is 0 Å². The molecule has 3 saturated carbocycles. The highest BCUT2D eigenvalue weighted by Crippen LogP contribution is 2.68. The van der Waals surface area contributed by atoms with E-state index in [1.165, 1.54) is 11.1 Å². The number of cyclic esters (lactones) is 1. The fraction of sp³-hybridized carbons (Fsp3) is 0.857. The summed E-state index contributed by atoms with van der Waals surface area (Å²) < 4.78 is 28.6. The average molecular weight is 697 g/mol. The normalized spacial score (nSPS) is 53.0. The van der Waals surface area contributed by atoms with Gasteiger partial charge in [-0.3, -0.25) is 4.79 Å². The number of aliphatic hydroxyl groups is 8. The highest BCUT2D eigenvalue weighted by Gasteiger charge is 2.65. The molecule has 8 N–H and O–H groups in total. The highest BCUT2D eigenvalue weighted by atomic mass is 16.7. The Bertz CT molecular complexity index is 1330. The number of carbonyl (C=O) groups is 1. The number of fused-ring (bicyclic) bond motifs is 5. The zero-order valence-corrected chi connectivity index (χ0v) is 28.1. The van der Waals surface area contributed by atoms with E-state index in [2.05, 4.69) is 19.9 Å². The van der Waals surface area contributed by atoms with E-state index < -0.39 is 85.6 Å². The van der Waals surface area contributed by atoms with Gasteiger partial charge < -0.3 is 64.5 Å². The molecule has 3 saturated heterocycles. The molecule has 3 aliphatic heterocycles. The van der Waals surface area contributed by atoms with Crippen LogP contribution in [-0.4, -0.2) is 140 Å². The Kier molecular flexibility index (Phi) is 9.62. The Morgan fingerprint density at radius 1 is 0.837 bits per heavy atom. The van der Waals surface area contributed by atoms with Crippen LogP contribution in [0.2, 0.25) is 0 Å². The van der Waals surface area contributed by atoms with E-state index in [1.807, 2.05) is 0 Å². The van der Waals surface area contributed by atoms with Gasteiger partial charge in [0.2, 0.25) is 0 Å². The third-order valence-electron chi connectivity index (χ3n) is 13.5. The zero-order chi connectivity index (χ0) is 35.0. The molecule has 0 spiro atoms. The minimum absolute atomic E-state index is 0.0733. The molecule has 14 nitrogen and oxygen atoms in total. The molecule has 0 bridgehead atoms. The molecule has 4 aliphatic carbocycles. The summed E-state index contributed by atoms with van der Waals surface area (Å²) in [4.78, 5) is 11.9. The van der Waals surface area contributed by atoms with E-state index in [9.17, 15) is 45.6 Å². The van der Waals surface area contributed by atoms with E-state index in [0.29, 0.717) is 32.3 Å². The molecule has 6 fully saturated rings. The molecule has 0 unspecified atom stereocenters. The van der Waals surface area contributed by atoms with Gasteiger partial charge in [0.25, 0.3) is 0 Å². The van der Waals surface area contributed by atoms with E-state index >= 15 is 0 Å². The zero-order valence-electron chi connectivity index (χ0n) is 28.1. The second-order valence-electron chi connectivity index (χ2n) is 15.8. The van der Waals surface area contributed by atoms with E-state index in [4.69, 9.17) is 23.7 Å². The third-order valence-corrected chi connectivity index (χ3v) is 13.5. The van der Waals surface area contributed by atoms with Crippen molar-refractivity contribution in [1.29, 1.82) is 0 Å². The number of rotatable bonds is 6. The van der Waals surface area contributed by atoms with Crippen molar-refractivity contribution >= 4 is 5.97 Å². The van der Waals surface area contributed by atoms with Crippen LogP contribution in [0, 0.1) is 22.7 Å². The van der Waals surface area contributed by atoms with E-state index in [-0.39, 0.29) is 29.3 Å². The number of hydrogen-bond acceptors (Lipinski definition) is 14. The number of hydrogen-bond donors (Lipinski definition) is 8. The molecule has 7 aliphatic rings. The summed E-state index contributed by atoms with van der Waals surface area (Å²) in [6.45, 7) is 3.48. The van der Waals surface area contributed by atoms with Crippen LogP contribution in [0.15, 0.2) is 22.8 Å². The predicted molar refractivity (Wildman–Crippen MR) is 167 cm³/mol. The van der Waals surface area contributed by atoms with Crippen LogP contribution in [0.3, 0.4) is 0 Å².